The third-order valence-corrected chi connectivity index (χ3v) is 3.78. The Hall–Kier alpha value is -1.02. The summed E-state index contributed by atoms with van der Waals surface area (Å²) in [4.78, 5) is 0. The zero-order valence-corrected chi connectivity index (χ0v) is 11.4. The number of unbranched alkanes of at least 4 members (excludes halogenated alkanes) is 1. The van der Waals surface area contributed by atoms with Crippen molar-refractivity contribution < 1.29 is 4.74 Å². The first-order valence-corrected chi connectivity index (χ1v) is 7.32. The highest BCUT2D eigenvalue weighted by molar-refractivity contribution is 5.21. The fraction of sp³-hybridized carbons (Fsp3) is 0.625. The van der Waals surface area contributed by atoms with Crippen molar-refractivity contribution >= 4 is 0 Å². The molecule has 1 aromatic carbocycles. The van der Waals surface area contributed by atoms with Crippen LogP contribution in [0.15, 0.2) is 30.3 Å². The molecule has 0 bridgehead atoms. The van der Waals surface area contributed by atoms with Crippen LogP contribution in [0.2, 0.25) is 0 Å². The lowest BCUT2D eigenvalue weighted by molar-refractivity contribution is 0.102. The van der Waals surface area contributed by atoms with Crippen molar-refractivity contribution in [3.05, 3.63) is 30.3 Å². The van der Waals surface area contributed by atoms with Crippen molar-refractivity contribution in [1.29, 1.82) is 0 Å². The molecule has 100 valence electrons. The highest BCUT2D eigenvalue weighted by Gasteiger charge is 2.24. The molecule has 1 aliphatic heterocycles. The van der Waals surface area contributed by atoms with Crippen molar-refractivity contribution in [1.82, 2.24) is 5.32 Å². The fourth-order valence-corrected chi connectivity index (χ4v) is 2.69. The van der Waals surface area contributed by atoms with Gasteiger partial charge in [0.05, 0.1) is 0 Å². The van der Waals surface area contributed by atoms with E-state index in [2.05, 4.69) is 36.5 Å². The maximum Gasteiger partial charge on any atom is 0.119 e. The minimum atomic E-state index is 0.398. The molecular formula is C16H25NO. The van der Waals surface area contributed by atoms with Gasteiger partial charge in [-0.1, -0.05) is 38.0 Å². The lowest BCUT2D eigenvalue weighted by atomic mass is 9.89. The quantitative estimate of drug-likeness (QED) is 0.829. The van der Waals surface area contributed by atoms with Gasteiger partial charge < -0.3 is 10.1 Å². The van der Waals surface area contributed by atoms with E-state index in [4.69, 9.17) is 4.74 Å². The molecule has 1 fully saturated rings. The third-order valence-electron chi connectivity index (χ3n) is 3.78. The standard InChI is InChI=1S/C16H25NO/c1-2-3-9-16(14-10-12-17-13-11-14)18-15-7-5-4-6-8-15/h4-8,14,16-17H,2-3,9-13H2,1H3. The van der Waals surface area contributed by atoms with Crippen LogP contribution >= 0.6 is 0 Å². The van der Waals surface area contributed by atoms with Crippen molar-refractivity contribution in [2.45, 2.75) is 45.1 Å². The monoisotopic (exact) mass is 247 g/mol. The summed E-state index contributed by atoms with van der Waals surface area (Å²) in [5.74, 6) is 1.75. The van der Waals surface area contributed by atoms with Gasteiger partial charge in [0, 0.05) is 0 Å². The first-order valence-electron chi connectivity index (χ1n) is 7.32. The van der Waals surface area contributed by atoms with E-state index in [-0.39, 0.29) is 0 Å². The van der Waals surface area contributed by atoms with E-state index in [0.29, 0.717) is 6.10 Å². The molecule has 0 saturated carbocycles. The highest BCUT2D eigenvalue weighted by atomic mass is 16.5. The molecule has 0 aromatic heterocycles. The van der Waals surface area contributed by atoms with Crippen LogP contribution in [0.4, 0.5) is 0 Å². The Morgan fingerprint density at radius 3 is 2.61 bits per heavy atom. The van der Waals surface area contributed by atoms with E-state index in [9.17, 15) is 0 Å². The van der Waals surface area contributed by atoms with Crippen LogP contribution in [-0.2, 0) is 0 Å². The number of nitrogens with one attached hydrogen (secondary N) is 1. The van der Waals surface area contributed by atoms with Crippen molar-refractivity contribution in [3.8, 4) is 5.75 Å². The third kappa shape index (κ3) is 4.02. The molecule has 1 N–H and O–H groups in total. The lowest BCUT2D eigenvalue weighted by Crippen LogP contribution is -2.36. The van der Waals surface area contributed by atoms with E-state index in [1.165, 1.54) is 32.1 Å². The molecule has 1 unspecified atom stereocenters. The van der Waals surface area contributed by atoms with Gasteiger partial charge in [0.25, 0.3) is 0 Å². The summed E-state index contributed by atoms with van der Waals surface area (Å²) in [5.41, 5.74) is 0. The van der Waals surface area contributed by atoms with Crippen molar-refractivity contribution in [3.63, 3.8) is 0 Å². The molecule has 1 atom stereocenters. The molecule has 18 heavy (non-hydrogen) atoms. The van der Waals surface area contributed by atoms with Crippen LogP contribution in [0, 0.1) is 5.92 Å². The number of rotatable bonds is 6. The van der Waals surface area contributed by atoms with Gasteiger partial charge in [-0.15, -0.1) is 0 Å². The molecule has 1 aliphatic rings. The first kappa shape index (κ1) is 13.4. The van der Waals surface area contributed by atoms with Gasteiger partial charge in [-0.2, -0.15) is 0 Å². The van der Waals surface area contributed by atoms with Gasteiger partial charge in [-0.05, 0) is 50.4 Å². The van der Waals surface area contributed by atoms with Gasteiger partial charge in [-0.25, -0.2) is 0 Å². The molecular weight excluding hydrogens is 222 g/mol. The first-order chi connectivity index (χ1) is 8.90. The van der Waals surface area contributed by atoms with Gasteiger partial charge in [0.1, 0.15) is 11.9 Å². The number of hydrogen-bond acceptors (Lipinski definition) is 2. The summed E-state index contributed by atoms with van der Waals surface area (Å²) >= 11 is 0. The van der Waals surface area contributed by atoms with Gasteiger partial charge in [0.2, 0.25) is 0 Å². The minimum Gasteiger partial charge on any atom is -0.490 e. The molecule has 1 aromatic rings. The summed E-state index contributed by atoms with van der Waals surface area (Å²) in [6.07, 6.45) is 6.61. The zero-order valence-electron chi connectivity index (χ0n) is 11.4. The summed E-state index contributed by atoms with van der Waals surface area (Å²) < 4.78 is 6.23. The Morgan fingerprint density at radius 2 is 1.94 bits per heavy atom. The Labute approximate surface area is 111 Å². The second-order valence-corrected chi connectivity index (χ2v) is 5.20. The molecule has 0 aliphatic carbocycles. The summed E-state index contributed by atoms with van der Waals surface area (Å²) in [5, 5.41) is 3.43. The molecule has 2 rings (SSSR count). The van der Waals surface area contributed by atoms with Gasteiger partial charge >= 0.3 is 0 Å². The Balaban J connectivity index is 1.95. The Kier molecular flexibility index (Phi) is 5.53. The molecule has 0 spiro atoms. The topological polar surface area (TPSA) is 21.3 Å². The van der Waals surface area contributed by atoms with Gasteiger partial charge in [-0.3, -0.25) is 0 Å². The zero-order chi connectivity index (χ0) is 12.6. The van der Waals surface area contributed by atoms with E-state index < -0.39 is 0 Å². The van der Waals surface area contributed by atoms with E-state index in [1.54, 1.807) is 0 Å². The van der Waals surface area contributed by atoms with E-state index >= 15 is 0 Å². The van der Waals surface area contributed by atoms with Crippen molar-refractivity contribution in [2.75, 3.05) is 13.1 Å². The predicted molar refractivity (Wildman–Crippen MR) is 76.0 cm³/mol. The summed E-state index contributed by atoms with van der Waals surface area (Å²) in [6, 6.07) is 10.3. The average molecular weight is 247 g/mol. The number of ether oxygens (including phenoxy) is 1. The van der Waals surface area contributed by atoms with Crippen LogP contribution in [0.3, 0.4) is 0 Å². The molecule has 2 nitrogen and oxygen atoms in total. The number of hydrogen-bond donors (Lipinski definition) is 1. The number of piperidine rings is 1. The maximum absolute atomic E-state index is 6.23. The normalized spacial score (nSPS) is 18.5. The Morgan fingerprint density at radius 1 is 1.22 bits per heavy atom. The van der Waals surface area contributed by atoms with Gasteiger partial charge in [0.15, 0.2) is 0 Å². The van der Waals surface area contributed by atoms with E-state index in [1.807, 2.05) is 6.07 Å². The SMILES string of the molecule is CCCCC(Oc1ccccc1)C1CCNCC1. The second-order valence-electron chi connectivity index (χ2n) is 5.20. The molecule has 0 amide bonds. The maximum atomic E-state index is 6.23. The smallest absolute Gasteiger partial charge is 0.119 e. The van der Waals surface area contributed by atoms with Crippen LogP contribution in [0.25, 0.3) is 0 Å². The van der Waals surface area contributed by atoms with Crippen LogP contribution in [0.5, 0.6) is 5.75 Å². The van der Waals surface area contributed by atoms with Crippen molar-refractivity contribution in [2.24, 2.45) is 5.92 Å². The van der Waals surface area contributed by atoms with E-state index in [0.717, 1.165) is 24.8 Å². The number of benzene rings is 1. The van der Waals surface area contributed by atoms with Crippen LogP contribution in [0.1, 0.15) is 39.0 Å². The Bertz CT molecular complexity index is 319. The molecule has 0 radical (unpaired) electrons. The fourth-order valence-electron chi connectivity index (χ4n) is 2.69. The highest BCUT2D eigenvalue weighted by Crippen LogP contribution is 2.25. The second kappa shape index (κ2) is 7.42. The summed E-state index contributed by atoms with van der Waals surface area (Å²) in [7, 11) is 0. The largest absolute Gasteiger partial charge is 0.490 e. The van der Waals surface area contributed by atoms with Crippen LogP contribution < -0.4 is 10.1 Å². The predicted octanol–water partition coefficient (Wildman–Crippen LogP) is 3.62. The lowest BCUT2D eigenvalue weighted by Gasteiger charge is -2.31. The molecule has 2 heteroatoms. The minimum absolute atomic E-state index is 0.398. The van der Waals surface area contributed by atoms with Crippen LogP contribution in [-0.4, -0.2) is 19.2 Å². The molecule has 1 saturated heterocycles. The summed E-state index contributed by atoms with van der Waals surface area (Å²) in [6.45, 7) is 4.54. The molecule has 1 heterocycles. The average Bonchev–Trinajstić information content (AvgIpc) is 2.45. The number of para-hydroxylation sites is 1.